The van der Waals surface area contributed by atoms with Gasteiger partial charge in [-0.05, 0) is 31.5 Å². The van der Waals surface area contributed by atoms with Gasteiger partial charge in [-0.1, -0.05) is 0 Å². The van der Waals surface area contributed by atoms with Crippen molar-refractivity contribution >= 4 is 11.5 Å². The van der Waals surface area contributed by atoms with E-state index < -0.39 is 17.5 Å². The summed E-state index contributed by atoms with van der Waals surface area (Å²) in [5.41, 5.74) is 4.03. The zero-order chi connectivity index (χ0) is 11.8. The minimum atomic E-state index is -4.56. The highest BCUT2D eigenvalue weighted by atomic mass is 19.4. The monoisotopic (exact) mass is 217 g/mol. The maximum Gasteiger partial charge on any atom is 0.417 e. The Balaban J connectivity index is 3.57. The van der Waals surface area contributed by atoms with Crippen LogP contribution in [0.15, 0.2) is 12.1 Å². The highest BCUT2D eigenvalue weighted by Gasteiger charge is 2.36. The lowest BCUT2D eigenvalue weighted by Crippen LogP contribution is -2.15. The van der Waals surface area contributed by atoms with Crippen molar-refractivity contribution in [3.8, 4) is 0 Å². The molecule has 0 aromatic heterocycles. The molecule has 0 spiro atoms. The largest absolute Gasteiger partial charge is 0.417 e. The van der Waals surface area contributed by atoms with Crippen LogP contribution < -0.4 is 5.73 Å². The van der Waals surface area contributed by atoms with Crippen LogP contribution in [0.4, 0.5) is 18.9 Å². The minimum Gasteiger partial charge on any atom is -0.399 e. The van der Waals surface area contributed by atoms with E-state index in [1.807, 2.05) is 0 Å². The molecule has 0 amide bonds. The molecule has 0 aliphatic rings. The van der Waals surface area contributed by atoms with Gasteiger partial charge >= 0.3 is 6.18 Å². The molecule has 15 heavy (non-hydrogen) atoms. The quantitative estimate of drug-likeness (QED) is 0.580. The molecule has 2 nitrogen and oxygen atoms in total. The summed E-state index contributed by atoms with van der Waals surface area (Å²) in [4.78, 5) is 11.0. The third kappa shape index (κ3) is 2.11. The van der Waals surface area contributed by atoms with Crippen molar-refractivity contribution in [1.29, 1.82) is 0 Å². The van der Waals surface area contributed by atoms with Gasteiger partial charge in [0.15, 0.2) is 5.78 Å². The first-order valence-corrected chi connectivity index (χ1v) is 4.22. The van der Waals surface area contributed by atoms with E-state index in [1.54, 1.807) is 0 Å². The van der Waals surface area contributed by atoms with Crippen LogP contribution in [-0.4, -0.2) is 5.78 Å². The molecule has 0 fully saturated rings. The minimum absolute atomic E-state index is 0.0346. The highest BCUT2D eigenvalue weighted by Crippen LogP contribution is 2.36. The van der Waals surface area contributed by atoms with E-state index in [0.717, 1.165) is 13.0 Å². The number of Topliss-reactive ketones (excluding diaryl/α,β-unsaturated/α-hetero) is 1. The number of carbonyl (C=O) groups excluding carboxylic acids is 1. The fourth-order valence-corrected chi connectivity index (χ4v) is 1.39. The van der Waals surface area contributed by atoms with Crippen LogP contribution in [0.25, 0.3) is 0 Å². The van der Waals surface area contributed by atoms with Crippen molar-refractivity contribution in [2.45, 2.75) is 20.0 Å². The summed E-state index contributed by atoms with van der Waals surface area (Å²) in [7, 11) is 0. The van der Waals surface area contributed by atoms with Crippen molar-refractivity contribution in [2.75, 3.05) is 5.73 Å². The average molecular weight is 217 g/mol. The topological polar surface area (TPSA) is 43.1 Å². The zero-order valence-electron chi connectivity index (χ0n) is 8.27. The van der Waals surface area contributed by atoms with Crippen LogP contribution in [0.2, 0.25) is 0 Å². The van der Waals surface area contributed by atoms with E-state index in [-0.39, 0.29) is 16.8 Å². The van der Waals surface area contributed by atoms with Gasteiger partial charge in [0.25, 0.3) is 0 Å². The van der Waals surface area contributed by atoms with E-state index in [1.165, 1.54) is 13.0 Å². The number of nitrogens with two attached hydrogens (primary N) is 1. The Labute approximate surface area is 84.9 Å². The first kappa shape index (κ1) is 11.6. The van der Waals surface area contributed by atoms with Gasteiger partial charge in [0.2, 0.25) is 0 Å². The molecule has 0 heterocycles. The number of hydrogen-bond donors (Lipinski definition) is 1. The summed E-state index contributed by atoms with van der Waals surface area (Å²) >= 11 is 0. The molecule has 0 radical (unpaired) electrons. The smallest absolute Gasteiger partial charge is 0.399 e. The maximum absolute atomic E-state index is 12.6. The highest BCUT2D eigenvalue weighted by molar-refractivity contribution is 5.96. The third-order valence-electron chi connectivity index (χ3n) is 2.17. The molecular formula is C10H10F3NO. The standard InChI is InChI=1S/C10H10F3NO/c1-5-8(14)4-3-7(6(2)15)9(5)10(11,12)13/h3-4H,14H2,1-2H3. The Morgan fingerprint density at radius 3 is 2.27 bits per heavy atom. The number of hydrogen-bond acceptors (Lipinski definition) is 2. The molecule has 0 unspecified atom stereocenters. The summed E-state index contributed by atoms with van der Waals surface area (Å²) < 4.78 is 37.9. The molecule has 82 valence electrons. The van der Waals surface area contributed by atoms with E-state index in [2.05, 4.69) is 0 Å². The number of rotatable bonds is 1. The maximum atomic E-state index is 12.6. The lowest BCUT2D eigenvalue weighted by atomic mass is 9.97. The van der Waals surface area contributed by atoms with Crippen molar-refractivity contribution in [3.05, 3.63) is 28.8 Å². The normalized spacial score (nSPS) is 11.5. The Hall–Kier alpha value is -1.52. The van der Waals surface area contributed by atoms with Crippen molar-refractivity contribution < 1.29 is 18.0 Å². The van der Waals surface area contributed by atoms with E-state index in [9.17, 15) is 18.0 Å². The summed E-state index contributed by atoms with van der Waals surface area (Å²) in [5.74, 6) is -0.620. The lowest BCUT2D eigenvalue weighted by Gasteiger charge is -2.15. The van der Waals surface area contributed by atoms with Crippen LogP contribution in [-0.2, 0) is 6.18 Å². The van der Waals surface area contributed by atoms with E-state index in [4.69, 9.17) is 5.73 Å². The molecule has 1 aromatic rings. The lowest BCUT2D eigenvalue weighted by molar-refractivity contribution is -0.138. The summed E-state index contributed by atoms with van der Waals surface area (Å²) in [6, 6.07) is 2.41. The average Bonchev–Trinajstić information content (AvgIpc) is 2.06. The van der Waals surface area contributed by atoms with Gasteiger partial charge in [0.1, 0.15) is 0 Å². The van der Waals surface area contributed by atoms with Crippen LogP contribution in [0, 0.1) is 6.92 Å². The summed E-state index contributed by atoms with van der Waals surface area (Å²) in [5, 5.41) is 0. The molecule has 2 N–H and O–H groups in total. The van der Waals surface area contributed by atoms with Crippen LogP contribution >= 0.6 is 0 Å². The second-order valence-corrected chi connectivity index (χ2v) is 3.26. The molecule has 0 atom stereocenters. The van der Waals surface area contributed by atoms with E-state index in [0.29, 0.717) is 0 Å². The number of nitrogen functional groups attached to an aromatic ring is 1. The number of anilines is 1. The Morgan fingerprint density at radius 1 is 1.33 bits per heavy atom. The van der Waals surface area contributed by atoms with Gasteiger partial charge in [-0.15, -0.1) is 0 Å². The molecule has 0 saturated carbocycles. The van der Waals surface area contributed by atoms with Crippen LogP contribution in [0.3, 0.4) is 0 Å². The molecule has 1 aromatic carbocycles. The van der Waals surface area contributed by atoms with Crippen LogP contribution in [0.5, 0.6) is 0 Å². The SMILES string of the molecule is CC(=O)c1ccc(N)c(C)c1C(F)(F)F. The van der Waals surface area contributed by atoms with Gasteiger partial charge in [-0.25, -0.2) is 0 Å². The first-order valence-electron chi connectivity index (χ1n) is 4.22. The fraction of sp³-hybridized carbons (Fsp3) is 0.300. The van der Waals surface area contributed by atoms with Gasteiger partial charge in [-0.3, -0.25) is 4.79 Å². The van der Waals surface area contributed by atoms with E-state index >= 15 is 0 Å². The molecule has 5 heteroatoms. The Kier molecular flexibility index (Phi) is 2.75. The van der Waals surface area contributed by atoms with Crippen molar-refractivity contribution in [2.24, 2.45) is 0 Å². The zero-order valence-corrected chi connectivity index (χ0v) is 8.27. The second kappa shape index (κ2) is 3.56. The number of carbonyl (C=O) groups is 1. The fourth-order valence-electron chi connectivity index (χ4n) is 1.39. The van der Waals surface area contributed by atoms with Gasteiger partial charge in [0.05, 0.1) is 5.56 Å². The number of halogens is 3. The molecular weight excluding hydrogens is 207 g/mol. The third-order valence-corrected chi connectivity index (χ3v) is 2.17. The molecule has 0 aliphatic heterocycles. The van der Waals surface area contributed by atoms with Crippen molar-refractivity contribution in [1.82, 2.24) is 0 Å². The Bertz CT molecular complexity index is 410. The molecule has 0 bridgehead atoms. The predicted octanol–water partition coefficient (Wildman–Crippen LogP) is 2.80. The second-order valence-electron chi connectivity index (χ2n) is 3.26. The van der Waals surface area contributed by atoms with Crippen LogP contribution in [0.1, 0.15) is 28.4 Å². The number of benzene rings is 1. The summed E-state index contributed by atoms with van der Waals surface area (Å²) in [6.45, 7) is 2.35. The predicted molar refractivity (Wildman–Crippen MR) is 50.6 cm³/mol. The van der Waals surface area contributed by atoms with Gasteiger partial charge in [-0.2, -0.15) is 13.2 Å². The molecule has 0 saturated heterocycles. The Morgan fingerprint density at radius 2 is 1.87 bits per heavy atom. The first-order chi connectivity index (χ1) is 6.75. The number of ketones is 1. The molecule has 0 aliphatic carbocycles. The van der Waals surface area contributed by atoms with Crippen molar-refractivity contribution in [3.63, 3.8) is 0 Å². The number of alkyl halides is 3. The summed E-state index contributed by atoms with van der Waals surface area (Å²) in [6.07, 6.45) is -4.56. The molecule has 1 rings (SSSR count). The van der Waals surface area contributed by atoms with Gasteiger partial charge < -0.3 is 5.73 Å². The van der Waals surface area contributed by atoms with Gasteiger partial charge in [0, 0.05) is 11.3 Å².